The summed E-state index contributed by atoms with van der Waals surface area (Å²) in [7, 11) is 0. The number of carbonyl (C=O) groups excluding carboxylic acids is 2. The molecular formula is C27H26N2O2S. The van der Waals surface area contributed by atoms with Gasteiger partial charge in [0.2, 0.25) is 0 Å². The Hall–Kier alpha value is -3.05. The van der Waals surface area contributed by atoms with Crippen LogP contribution in [0.4, 0.5) is 5.69 Å². The Labute approximate surface area is 193 Å². The Balaban J connectivity index is 1.59. The first-order valence-electron chi connectivity index (χ1n) is 10.9. The molecule has 2 heterocycles. The van der Waals surface area contributed by atoms with E-state index in [0.717, 1.165) is 33.7 Å². The lowest BCUT2D eigenvalue weighted by atomic mass is 10.0. The largest absolute Gasteiger partial charge is 0.311 e. The number of anilines is 1. The minimum absolute atomic E-state index is 0.0254. The van der Waals surface area contributed by atoms with Gasteiger partial charge in [0.25, 0.3) is 11.8 Å². The fraction of sp³-hybridized carbons (Fsp3) is 0.259. The molecule has 0 aliphatic carbocycles. The van der Waals surface area contributed by atoms with Gasteiger partial charge in [-0.2, -0.15) is 0 Å². The third-order valence-electron chi connectivity index (χ3n) is 6.32. The van der Waals surface area contributed by atoms with Crippen molar-refractivity contribution in [3.63, 3.8) is 0 Å². The standard InChI is InChI=1S/C27H26N2O2S/c1-18-7-10-22(11-8-18)25(30)29-13-14-32-27(29)23-16-20(3)9-12-24(23)28(26(27)31)17-21-6-4-5-19(2)15-21/h4-12,15-16H,13-14,17H2,1-3H3/t27-/m0/s1. The van der Waals surface area contributed by atoms with Crippen LogP contribution in [0, 0.1) is 20.8 Å². The highest BCUT2D eigenvalue weighted by molar-refractivity contribution is 8.01. The van der Waals surface area contributed by atoms with Gasteiger partial charge < -0.3 is 9.80 Å². The van der Waals surface area contributed by atoms with Crippen LogP contribution in [0.25, 0.3) is 0 Å². The molecular weight excluding hydrogens is 416 g/mol. The first kappa shape index (κ1) is 20.8. The summed E-state index contributed by atoms with van der Waals surface area (Å²) in [6.45, 7) is 7.14. The van der Waals surface area contributed by atoms with Crippen LogP contribution >= 0.6 is 11.8 Å². The molecule has 1 atom stereocenters. The number of benzene rings is 3. The summed E-state index contributed by atoms with van der Waals surface area (Å²) in [4.78, 5) is 30.4. The van der Waals surface area contributed by atoms with Crippen LogP contribution in [0.15, 0.2) is 66.7 Å². The van der Waals surface area contributed by atoms with Crippen LogP contribution in [0.5, 0.6) is 0 Å². The van der Waals surface area contributed by atoms with E-state index < -0.39 is 4.87 Å². The molecule has 1 spiro atoms. The predicted octanol–water partition coefficient (Wildman–Crippen LogP) is 5.20. The molecule has 0 unspecified atom stereocenters. The fourth-order valence-corrected chi connectivity index (χ4v) is 6.18. The highest BCUT2D eigenvalue weighted by atomic mass is 32.2. The normalized spacial score (nSPS) is 19.7. The molecule has 5 heteroatoms. The predicted molar refractivity (Wildman–Crippen MR) is 130 cm³/mol. The van der Waals surface area contributed by atoms with Gasteiger partial charge in [0.1, 0.15) is 0 Å². The summed E-state index contributed by atoms with van der Waals surface area (Å²) in [5.74, 6) is 0.616. The Kier molecular flexibility index (Phi) is 5.09. The van der Waals surface area contributed by atoms with Gasteiger partial charge in [-0.1, -0.05) is 65.2 Å². The first-order valence-corrected chi connectivity index (χ1v) is 11.9. The SMILES string of the molecule is Cc1ccc(C(=O)N2CCS[C@@]23C(=O)N(Cc2cccc(C)c2)c2ccc(C)cc23)cc1. The molecule has 3 aromatic carbocycles. The number of nitrogens with zero attached hydrogens (tertiary/aromatic N) is 2. The first-order chi connectivity index (χ1) is 15.4. The molecule has 32 heavy (non-hydrogen) atoms. The zero-order valence-electron chi connectivity index (χ0n) is 18.6. The van der Waals surface area contributed by atoms with Crippen molar-refractivity contribution in [1.82, 2.24) is 4.90 Å². The number of thioether (sulfide) groups is 1. The average molecular weight is 443 g/mol. The van der Waals surface area contributed by atoms with Gasteiger partial charge in [0.15, 0.2) is 4.87 Å². The summed E-state index contributed by atoms with van der Waals surface area (Å²) in [6.07, 6.45) is 0. The van der Waals surface area contributed by atoms with Crippen LogP contribution in [0.3, 0.4) is 0 Å². The van der Waals surface area contributed by atoms with Crippen molar-refractivity contribution in [2.75, 3.05) is 17.2 Å². The second kappa shape index (κ2) is 7.82. The molecule has 2 amide bonds. The highest BCUT2D eigenvalue weighted by Crippen LogP contribution is 2.55. The molecule has 0 bridgehead atoms. The second-order valence-electron chi connectivity index (χ2n) is 8.72. The van der Waals surface area contributed by atoms with Crippen LogP contribution in [0.2, 0.25) is 0 Å². The third-order valence-corrected chi connectivity index (χ3v) is 7.74. The zero-order valence-corrected chi connectivity index (χ0v) is 19.4. The van der Waals surface area contributed by atoms with E-state index in [1.165, 1.54) is 5.56 Å². The molecule has 5 rings (SSSR count). The maximum absolute atomic E-state index is 14.1. The molecule has 0 N–H and O–H groups in total. The van der Waals surface area contributed by atoms with Crippen molar-refractivity contribution in [2.24, 2.45) is 0 Å². The third kappa shape index (κ3) is 3.23. The topological polar surface area (TPSA) is 40.6 Å². The van der Waals surface area contributed by atoms with E-state index in [9.17, 15) is 9.59 Å². The van der Waals surface area contributed by atoms with E-state index in [1.54, 1.807) is 16.7 Å². The Morgan fingerprint density at radius 1 is 0.938 bits per heavy atom. The van der Waals surface area contributed by atoms with Crippen molar-refractivity contribution >= 4 is 29.3 Å². The molecule has 0 saturated carbocycles. The molecule has 4 nitrogen and oxygen atoms in total. The molecule has 0 radical (unpaired) electrons. The van der Waals surface area contributed by atoms with E-state index in [-0.39, 0.29) is 11.8 Å². The zero-order chi connectivity index (χ0) is 22.5. The van der Waals surface area contributed by atoms with Gasteiger partial charge in [0.05, 0.1) is 12.2 Å². The number of aryl methyl sites for hydroxylation is 3. The van der Waals surface area contributed by atoms with Gasteiger partial charge in [-0.05, 0) is 44.5 Å². The van der Waals surface area contributed by atoms with Gasteiger partial charge in [-0.25, -0.2) is 0 Å². The monoisotopic (exact) mass is 442 g/mol. The number of hydrogen-bond donors (Lipinski definition) is 0. The minimum atomic E-state index is -1.01. The van der Waals surface area contributed by atoms with Crippen molar-refractivity contribution < 1.29 is 9.59 Å². The van der Waals surface area contributed by atoms with E-state index in [1.807, 2.05) is 61.2 Å². The number of amides is 2. The number of hydrogen-bond acceptors (Lipinski definition) is 3. The maximum Gasteiger partial charge on any atom is 0.268 e. The average Bonchev–Trinajstić information content (AvgIpc) is 3.31. The summed E-state index contributed by atoms with van der Waals surface area (Å²) in [6, 6.07) is 22.0. The highest BCUT2D eigenvalue weighted by Gasteiger charge is 2.59. The van der Waals surface area contributed by atoms with E-state index in [4.69, 9.17) is 0 Å². The quantitative estimate of drug-likeness (QED) is 0.560. The molecule has 162 valence electrons. The van der Waals surface area contributed by atoms with Crippen molar-refractivity contribution in [1.29, 1.82) is 0 Å². The molecule has 0 aromatic heterocycles. The smallest absolute Gasteiger partial charge is 0.268 e. The summed E-state index contributed by atoms with van der Waals surface area (Å²) in [5.41, 5.74) is 6.89. The Bertz CT molecular complexity index is 1220. The van der Waals surface area contributed by atoms with E-state index in [2.05, 4.69) is 31.2 Å². The van der Waals surface area contributed by atoms with Gasteiger partial charge in [-0.15, -0.1) is 11.8 Å². The van der Waals surface area contributed by atoms with Gasteiger partial charge in [-0.3, -0.25) is 9.59 Å². The van der Waals surface area contributed by atoms with Crippen LogP contribution in [-0.4, -0.2) is 29.0 Å². The van der Waals surface area contributed by atoms with E-state index in [0.29, 0.717) is 18.7 Å². The summed E-state index contributed by atoms with van der Waals surface area (Å²) >= 11 is 1.58. The molecule has 1 fully saturated rings. The minimum Gasteiger partial charge on any atom is -0.311 e. The number of fused-ring (bicyclic) bond motifs is 2. The maximum atomic E-state index is 14.1. The van der Waals surface area contributed by atoms with Crippen molar-refractivity contribution in [3.8, 4) is 0 Å². The van der Waals surface area contributed by atoms with E-state index >= 15 is 0 Å². The second-order valence-corrected chi connectivity index (χ2v) is 10.0. The summed E-state index contributed by atoms with van der Waals surface area (Å²) < 4.78 is 0. The molecule has 2 aliphatic heterocycles. The molecule has 3 aromatic rings. The van der Waals surface area contributed by atoms with Gasteiger partial charge in [0, 0.05) is 23.4 Å². The lowest BCUT2D eigenvalue weighted by Gasteiger charge is -2.33. The van der Waals surface area contributed by atoms with Crippen LogP contribution in [-0.2, 0) is 16.2 Å². The summed E-state index contributed by atoms with van der Waals surface area (Å²) in [5, 5.41) is 0. The van der Waals surface area contributed by atoms with Crippen LogP contribution < -0.4 is 4.90 Å². The lowest BCUT2D eigenvalue weighted by Crippen LogP contribution is -2.50. The number of rotatable bonds is 3. The van der Waals surface area contributed by atoms with Gasteiger partial charge >= 0.3 is 0 Å². The molecule has 1 saturated heterocycles. The Morgan fingerprint density at radius 2 is 1.66 bits per heavy atom. The van der Waals surface area contributed by atoms with Crippen molar-refractivity contribution in [3.05, 3.63) is 100 Å². The number of carbonyl (C=O) groups is 2. The van der Waals surface area contributed by atoms with Crippen LogP contribution in [0.1, 0.15) is 38.2 Å². The van der Waals surface area contributed by atoms with Crippen molar-refractivity contribution in [2.45, 2.75) is 32.2 Å². The fourth-order valence-electron chi connectivity index (χ4n) is 4.73. The Morgan fingerprint density at radius 3 is 2.41 bits per heavy atom. The lowest BCUT2D eigenvalue weighted by molar-refractivity contribution is -0.123. The molecule has 2 aliphatic rings.